The number of halogens is 2. The SMILES string of the molecule is CCOC(Cc1ccc(OCCN(CCOCCC(C)(F)F)C(=O)OC(C)CC)cc1)C(=O)O. The van der Waals surface area contributed by atoms with Gasteiger partial charge in [0.25, 0.3) is 0 Å². The van der Waals surface area contributed by atoms with E-state index < -0.39 is 24.1 Å². The number of benzene rings is 1. The molecule has 0 fully saturated rings. The van der Waals surface area contributed by atoms with Crippen molar-refractivity contribution < 1.29 is 42.4 Å². The molecule has 34 heavy (non-hydrogen) atoms. The molecule has 0 radical (unpaired) electrons. The third-order valence-electron chi connectivity index (χ3n) is 4.94. The predicted molar refractivity (Wildman–Crippen MR) is 123 cm³/mol. The van der Waals surface area contributed by atoms with Gasteiger partial charge in [-0.25, -0.2) is 18.4 Å². The molecule has 2 unspecified atom stereocenters. The summed E-state index contributed by atoms with van der Waals surface area (Å²) >= 11 is 0. The molecule has 0 aromatic heterocycles. The van der Waals surface area contributed by atoms with Crippen LogP contribution < -0.4 is 4.74 Å². The van der Waals surface area contributed by atoms with Crippen molar-refractivity contribution >= 4 is 12.1 Å². The Morgan fingerprint density at radius 2 is 1.74 bits per heavy atom. The lowest BCUT2D eigenvalue weighted by Crippen LogP contribution is -2.39. The van der Waals surface area contributed by atoms with Crippen LogP contribution in [0.15, 0.2) is 24.3 Å². The van der Waals surface area contributed by atoms with Crippen LogP contribution in [-0.4, -0.2) is 79.7 Å². The van der Waals surface area contributed by atoms with Crippen molar-refractivity contribution in [3.05, 3.63) is 29.8 Å². The number of carboxylic acid groups (broad SMARTS) is 1. The van der Waals surface area contributed by atoms with Gasteiger partial charge in [-0.3, -0.25) is 0 Å². The summed E-state index contributed by atoms with van der Waals surface area (Å²) in [7, 11) is 0. The van der Waals surface area contributed by atoms with Crippen LogP contribution in [-0.2, 0) is 25.4 Å². The maximum atomic E-state index is 12.9. The summed E-state index contributed by atoms with van der Waals surface area (Å²) in [6, 6.07) is 6.96. The predicted octanol–water partition coefficient (Wildman–Crippen LogP) is 4.40. The summed E-state index contributed by atoms with van der Waals surface area (Å²) in [6.07, 6.45) is -1.17. The van der Waals surface area contributed by atoms with E-state index in [4.69, 9.17) is 18.9 Å². The Kier molecular flexibility index (Phi) is 13.4. The minimum Gasteiger partial charge on any atom is -0.492 e. The van der Waals surface area contributed by atoms with Crippen LogP contribution in [0.3, 0.4) is 0 Å². The van der Waals surface area contributed by atoms with E-state index in [1.165, 1.54) is 4.90 Å². The highest BCUT2D eigenvalue weighted by Gasteiger charge is 2.21. The van der Waals surface area contributed by atoms with Crippen molar-refractivity contribution in [3.8, 4) is 5.75 Å². The molecular formula is C24H37F2NO7. The number of nitrogens with zero attached hydrogens (tertiary/aromatic N) is 1. The number of aliphatic carboxylic acids is 1. The Labute approximate surface area is 200 Å². The summed E-state index contributed by atoms with van der Waals surface area (Å²) < 4.78 is 47.3. The highest BCUT2D eigenvalue weighted by atomic mass is 19.3. The smallest absolute Gasteiger partial charge is 0.410 e. The first-order valence-electron chi connectivity index (χ1n) is 11.5. The summed E-state index contributed by atoms with van der Waals surface area (Å²) in [5.74, 6) is -3.25. The number of hydrogen-bond acceptors (Lipinski definition) is 6. The van der Waals surface area contributed by atoms with Crippen LogP contribution in [0.4, 0.5) is 13.6 Å². The van der Waals surface area contributed by atoms with E-state index in [-0.39, 0.29) is 51.9 Å². The zero-order chi connectivity index (χ0) is 25.6. The number of hydrogen-bond donors (Lipinski definition) is 1. The average molecular weight is 490 g/mol. The summed E-state index contributed by atoms with van der Waals surface area (Å²) in [5, 5.41) is 9.20. The largest absolute Gasteiger partial charge is 0.492 e. The first-order valence-corrected chi connectivity index (χ1v) is 11.5. The van der Waals surface area contributed by atoms with Crippen LogP contribution in [0.1, 0.15) is 46.1 Å². The van der Waals surface area contributed by atoms with Gasteiger partial charge in [0, 0.05) is 26.0 Å². The lowest BCUT2D eigenvalue weighted by atomic mass is 10.1. The van der Waals surface area contributed by atoms with E-state index in [0.717, 1.165) is 12.5 Å². The van der Waals surface area contributed by atoms with Gasteiger partial charge in [-0.15, -0.1) is 0 Å². The fourth-order valence-electron chi connectivity index (χ4n) is 2.78. The van der Waals surface area contributed by atoms with Gasteiger partial charge in [-0.1, -0.05) is 19.1 Å². The van der Waals surface area contributed by atoms with Crippen LogP contribution in [0, 0.1) is 0 Å². The molecule has 1 aromatic carbocycles. The average Bonchev–Trinajstić information content (AvgIpc) is 2.77. The van der Waals surface area contributed by atoms with E-state index in [2.05, 4.69) is 0 Å². The second-order valence-electron chi connectivity index (χ2n) is 8.00. The van der Waals surface area contributed by atoms with Gasteiger partial charge < -0.3 is 29.0 Å². The Morgan fingerprint density at radius 3 is 2.29 bits per heavy atom. The van der Waals surface area contributed by atoms with Gasteiger partial charge >= 0.3 is 12.1 Å². The van der Waals surface area contributed by atoms with Gasteiger partial charge in [0.2, 0.25) is 5.92 Å². The molecule has 0 aliphatic carbocycles. The Morgan fingerprint density at radius 1 is 1.09 bits per heavy atom. The van der Waals surface area contributed by atoms with Crippen molar-refractivity contribution in [3.63, 3.8) is 0 Å². The van der Waals surface area contributed by atoms with Gasteiger partial charge in [0.1, 0.15) is 18.5 Å². The second kappa shape index (κ2) is 15.4. The first-order chi connectivity index (χ1) is 16.1. The molecule has 1 N–H and O–H groups in total. The Hall–Kier alpha value is -2.46. The molecule has 0 bridgehead atoms. The molecule has 2 atom stereocenters. The number of carbonyl (C=O) groups excluding carboxylic acids is 1. The van der Waals surface area contributed by atoms with Gasteiger partial charge in [0.15, 0.2) is 6.10 Å². The summed E-state index contributed by atoms with van der Waals surface area (Å²) in [5.41, 5.74) is 0.793. The fourth-order valence-corrected chi connectivity index (χ4v) is 2.78. The van der Waals surface area contributed by atoms with Gasteiger partial charge in [-0.05, 0) is 44.9 Å². The summed E-state index contributed by atoms with van der Waals surface area (Å²) in [6.45, 7) is 7.14. The van der Waals surface area contributed by atoms with Crippen LogP contribution in [0.25, 0.3) is 0 Å². The van der Waals surface area contributed by atoms with Crippen molar-refractivity contribution in [1.29, 1.82) is 0 Å². The van der Waals surface area contributed by atoms with Crippen molar-refractivity contribution in [1.82, 2.24) is 4.90 Å². The minimum atomic E-state index is -2.80. The fraction of sp³-hybridized carbons (Fsp3) is 0.667. The molecule has 194 valence electrons. The highest BCUT2D eigenvalue weighted by Crippen LogP contribution is 2.16. The molecule has 10 heteroatoms. The quantitative estimate of drug-likeness (QED) is 0.324. The molecule has 0 heterocycles. The van der Waals surface area contributed by atoms with E-state index in [0.29, 0.717) is 18.8 Å². The zero-order valence-corrected chi connectivity index (χ0v) is 20.4. The van der Waals surface area contributed by atoms with E-state index >= 15 is 0 Å². The van der Waals surface area contributed by atoms with Gasteiger partial charge in [-0.2, -0.15) is 0 Å². The standard InChI is InChI=1S/C24H37F2NO7/c1-5-18(3)34-23(30)27(12-15-31-14-11-24(4,25)26)13-16-33-20-9-7-19(8-10-20)17-21(22(28)29)32-6-2/h7-10,18,21H,5-6,11-17H2,1-4H3,(H,28,29). The van der Waals surface area contributed by atoms with Gasteiger partial charge in [0.05, 0.1) is 19.8 Å². The molecule has 0 saturated carbocycles. The van der Waals surface area contributed by atoms with Crippen LogP contribution in [0.2, 0.25) is 0 Å². The molecule has 1 rings (SSSR count). The molecule has 8 nitrogen and oxygen atoms in total. The monoisotopic (exact) mass is 489 g/mol. The van der Waals surface area contributed by atoms with Crippen molar-refractivity contribution in [2.45, 2.75) is 65.1 Å². The minimum absolute atomic E-state index is 0.102. The normalized spacial score (nSPS) is 13.2. The number of carboxylic acids is 1. The maximum Gasteiger partial charge on any atom is 0.410 e. The molecule has 0 spiro atoms. The zero-order valence-electron chi connectivity index (χ0n) is 20.4. The number of rotatable bonds is 17. The number of alkyl halides is 2. The van der Waals surface area contributed by atoms with E-state index in [1.54, 1.807) is 38.1 Å². The topological polar surface area (TPSA) is 94.5 Å². The highest BCUT2D eigenvalue weighted by molar-refractivity contribution is 5.72. The molecule has 0 aliphatic rings. The molecular weight excluding hydrogens is 452 g/mol. The second-order valence-corrected chi connectivity index (χ2v) is 8.00. The summed E-state index contributed by atoms with van der Waals surface area (Å²) in [4.78, 5) is 25.1. The van der Waals surface area contributed by atoms with Crippen LogP contribution in [0.5, 0.6) is 5.75 Å². The Balaban J connectivity index is 2.57. The number of amides is 1. The van der Waals surface area contributed by atoms with E-state index in [9.17, 15) is 23.5 Å². The lowest BCUT2D eigenvalue weighted by Gasteiger charge is -2.24. The molecule has 1 aromatic rings. The van der Waals surface area contributed by atoms with Crippen molar-refractivity contribution in [2.24, 2.45) is 0 Å². The lowest BCUT2D eigenvalue weighted by molar-refractivity contribution is -0.149. The maximum absolute atomic E-state index is 12.9. The third-order valence-corrected chi connectivity index (χ3v) is 4.94. The van der Waals surface area contributed by atoms with Crippen molar-refractivity contribution in [2.75, 3.05) is 39.5 Å². The van der Waals surface area contributed by atoms with E-state index in [1.807, 2.05) is 6.92 Å². The first kappa shape index (κ1) is 29.6. The molecule has 0 saturated heterocycles. The number of ether oxygens (including phenoxy) is 4. The third kappa shape index (κ3) is 12.7. The number of carbonyl (C=O) groups is 2. The molecule has 1 amide bonds. The van der Waals surface area contributed by atoms with Crippen LogP contribution >= 0.6 is 0 Å². The Bertz CT molecular complexity index is 725. The molecule has 0 aliphatic heterocycles.